The van der Waals surface area contributed by atoms with Gasteiger partial charge in [-0.2, -0.15) is 0 Å². The molecule has 2 aliphatic heterocycles. The standard InChI is InChI=1S/C25H26Cl2N4OS2/c26-20-7-4-8-21(27)23(20)25-31(22(32)17-34-25)14-13-29-9-11-30(12-10-29)15-19-16-33-24(28-19)18-5-2-1-3-6-18/h1-8,16,25H,9-15,17H2. The minimum atomic E-state index is -0.113. The topological polar surface area (TPSA) is 39.7 Å². The average Bonchev–Trinajstić information content (AvgIpc) is 3.46. The maximum absolute atomic E-state index is 12.6. The van der Waals surface area contributed by atoms with E-state index in [1.54, 1.807) is 23.1 Å². The van der Waals surface area contributed by atoms with Crippen molar-refractivity contribution < 1.29 is 4.79 Å². The fourth-order valence-corrected chi connectivity index (χ4v) is 7.26. The average molecular weight is 534 g/mol. The fraction of sp³-hybridized carbons (Fsp3) is 0.360. The molecule has 2 aromatic carbocycles. The highest BCUT2D eigenvalue weighted by molar-refractivity contribution is 8.00. The first-order valence-electron chi connectivity index (χ1n) is 11.4. The number of carbonyl (C=O) groups excluding carboxylic acids is 1. The summed E-state index contributed by atoms with van der Waals surface area (Å²) in [6.45, 7) is 6.40. The number of hydrogen-bond acceptors (Lipinski definition) is 6. The van der Waals surface area contributed by atoms with E-state index in [1.807, 2.05) is 29.2 Å². The number of thiazole rings is 1. The number of amides is 1. The molecule has 2 saturated heterocycles. The van der Waals surface area contributed by atoms with Gasteiger partial charge in [0, 0.05) is 72.4 Å². The zero-order chi connectivity index (χ0) is 23.5. The maximum atomic E-state index is 12.6. The number of halogens is 2. The molecular weight excluding hydrogens is 507 g/mol. The first kappa shape index (κ1) is 24.1. The predicted molar refractivity (Wildman–Crippen MR) is 143 cm³/mol. The summed E-state index contributed by atoms with van der Waals surface area (Å²) < 4.78 is 0. The van der Waals surface area contributed by atoms with Gasteiger partial charge >= 0.3 is 0 Å². The summed E-state index contributed by atoms with van der Waals surface area (Å²) in [7, 11) is 0. The lowest BCUT2D eigenvalue weighted by molar-refractivity contribution is -0.128. The van der Waals surface area contributed by atoms with Crippen LogP contribution < -0.4 is 0 Å². The number of thioether (sulfide) groups is 1. The Morgan fingerprint density at radius 3 is 2.35 bits per heavy atom. The van der Waals surface area contributed by atoms with Crippen LogP contribution in [0.1, 0.15) is 16.6 Å². The van der Waals surface area contributed by atoms with E-state index in [-0.39, 0.29) is 11.3 Å². The minimum Gasteiger partial charge on any atom is -0.324 e. The molecular formula is C25H26Cl2N4OS2. The van der Waals surface area contributed by atoms with Crippen molar-refractivity contribution in [1.82, 2.24) is 19.7 Å². The summed E-state index contributed by atoms with van der Waals surface area (Å²) in [5, 5.41) is 4.38. The van der Waals surface area contributed by atoms with Crippen molar-refractivity contribution in [2.45, 2.75) is 11.9 Å². The zero-order valence-corrected chi connectivity index (χ0v) is 21.8. The van der Waals surface area contributed by atoms with E-state index < -0.39 is 0 Å². The number of nitrogens with zero attached hydrogens (tertiary/aromatic N) is 4. The van der Waals surface area contributed by atoms with E-state index in [4.69, 9.17) is 28.2 Å². The number of hydrogen-bond donors (Lipinski definition) is 0. The molecule has 1 unspecified atom stereocenters. The highest BCUT2D eigenvalue weighted by atomic mass is 35.5. The first-order valence-corrected chi connectivity index (χ1v) is 14.1. The smallest absolute Gasteiger partial charge is 0.233 e. The Hall–Kier alpha value is -1.61. The molecule has 1 aromatic heterocycles. The summed E-state index contributed by atoms with van der Waals surface area (Å²) in [4.78, 5) is 24.3. The van der Waals surface area contributed by atoms with Crippen molar-refractivity contribution in [2.24, 2.45) is 0 Å². The van der Waals surface area contributed by atoms with Crippen LogP contribution in [0.25, 0.3) is 10.6 Å². The molecule has 0 N–H and O–H groups in total. The molecule has 0 bridgehead atoms. The normalized spacial score (nSPS) is 19.8. The lowest BCUT2D eigenvalue weighted by Crippen LogP contribution is -2.48. The van der Waals surface area contributed by atoms with Gasteiger partial charge < -0.3 is 4.90 Å². The monoisotopic (exact) mass is 532 g/mol. The Kier molecular flexibility index (Phi) is 7.78. The highest BCUT2D eigenvalue weighted by Gasteiger charge is 2.35. The Morgan fingerprint density at radius 2 is 1.62 bits per heavy atom. The van der Waals surface area contributed by atoms with Crippen molar-refractivity contribution in [3.8, 4) is 10.6 Å². The molecule has 2 fully saturated rings. The molecule has 2 aliphatic rings. The van der Waals surface area contributed by atoms with Gasteiger partial charge in [-0.15, -0.1) is 23.1 Å². The molecule has 1 atom stereocenters. The van der Waals surface area contributed by atoms with Crippen LogP contribution in [0.5, 0.6) is 0 Å². The van der Waals surface area contributed by atoms with Crippen LogP contribution in [0.2, 0.25) is 10.0 Å². The van der Waals surface area contributed by atoms with Gasteiger partial charge in [0.05, 0.1) is 11.4 Å². The SMILES string of the molecule is O=C1CSC(c2c(Cl)cccc2Cl)N1CCN1CCN(Cc2csc(-c3ccccc3)n2)CC1. The summed E-state index contributed by atoms with van der Waals surface area (Å²) in [5.41, 5.74) is 3.16. The summed E-state index contributed by atoms with van der Waals surface area (Å²) in [6, 6.07) is 15.9. The fourth-order valence-electron chi connectivity index (χ4n) is 4.42. The molecule has 5 nitrogen and oxygen atoms in total. The lowest BCUT2D eigenvalue weighted by Gasteiger charge is -2.35. The van der Waals surface area contributed by atoms with Crippen LogP contribution >= 0.6 is 46.3 Å². The largest absolute Gasteiger partial charge is 0.324 e. The summed E-state index contributed by atoms with van der Waals surface area (Å²) >= 11 is 16.2. The second-order valence-electron chi connectivity index (χ2n) is 8.51. The van der Waals surface area contributed by atoms with Crippen LogP contribution in [0.15, 0.2) is 53.9 Å². The van der Waals surface area contributed by atoms with Gasteiger partial charge in [0.2, 0.25) is 5.91 Å². The predicted octanol–water partition coefficient (Wildman–Crippen LogP) is 5.51. The Balaban J connectivity index is 1.13. The van der Waals surface area contributed by atoms with Gasteiger partial charge in [-0.3, -0.25) is 14.6 Å². The van der Waals surface area contributed by atoms with Crippen molar-refractivity contribution in [1.29, 1.82) is 0 Å². The molecule has 0 saturated carbocycles. The number of benzene rings is 2. The molecule has 1 amide bonds. The quantitative estimate of drug-likeness (QED) is 0.401. The van der Waals surface area contributed by atoms with Gasteiger partial charge in [-0.05, 0) is 12.1 Å². The van der Waals surface area contributed by atoms with Crippen molar-refractivity contribution in [3.63, 3.8) is 0 Å². The van der Waals surface area contributed by atoms with Crippen LogP contribution in [-0.2, 0) is 11.3 Å². The van der Waals surface area contributed by atoms with Crippen LogP contribution in [0.4, 0.5) is 0 Å². The van der Waals surface area contributed by atoms with Crippen molar-refractivity contribution in [3.05, 3.63) is 75.2 Å². The third-order valence-corrected chi connectivity index (χ3v) is 9.11. The molecule has 0 aliphatic carbocycles. The molecule has 3 aromatic rings. The van der Waals surface area contributed by atoms with E-state index in [0.29, 0.717) is 22.3 Å². The molecule has 34 heavy (non-hydrogen) atoms. The number of aromatic nitrogens is 1. The Morgan fingerprint density at radius 1 is 0.912 bits per heavy atom. The van der Waals surface area contributed by atoms with E-state index in [0.717, 1.165) is 55.5 Å². The zero-order valence-electron chi connectivity index (χ0n) is 18.7. The van der Waals surface area contributed by atoms with Crippen LogP contribution in [0.3, 0.4) is 0 Å². The van der Waals surface area contributed by atoms with Gasteiger partial charge in [0.15, 0.2) is 0 Å². The summed E-state index contributed by atoms with van der Waals surface area (Å²) in [5.74, 6) is 0.626. The lowest BCUT2D eigenvalue weighted by atomic mass is 10.2. The van der Waals surface area contributed by atoms with E-state index in [1.165, 1.54) is 5.56 Å². The van der Waals surface area contributed by atoms with Crippen LogP contribution in [0, 0.1) is 0 Å². The van der Waals surface area contributed by atoms with Crippen molar-refractivity contribution in [2.75, 3.05) is 45.0 Å². The number of rotatable bonds is 7. The van der Waals surface area contributed by atoms with E-state index in [2.05, 4.69) is 39.4 Å². The molecule has 5 rings (SSSR count). The van der Waals surface area contributed by atoms with Crippen molar-refractivity contribution >= 4 is 52.2 Å². The van der Waals surface area contributed by atoms with Gasteiger partial charge in [-0.25, -0.2) is 4.98 Å². The summed E-state index contributed by atoms with van der Waals surface area (Å²) in [6.07, 6.45) is 0. The molecule has 3 heterocycles. The van der Waals surface area contributed by atoms with Gasteiger partial charge in [-0.1, -0.05) is 59.6 Å². The third kappa shape index (κ3) is 5.45. The van der Waals surface area contributed by atoms with E-state index >= 15 is 0 Å². The first-order chi connectivity index (χ1) is 16.6. The highest BCUT2D eigenvalue weighted by Crippen LogP contribution is 2.44. The van der Waals surface area contributed by atoms with Crippen LogP contribution in [-0.4, -0.2) is 70.6 Å². The molecule has 178 valence electrons. The second-order valence-corrected chi connectivity index (χ2v) is 11.3. The number of carbonyl (C=O) groups is 1. The Labute approximate surface area is 218 Å². The second kappa shape index (κ2) is 11.0. The third-order valence-electron chi connectivity index (χ3n) is 6.29. The van der Waals surface area contributed by atoms with Gasteiger partial charge in [0.1, 0.15) is 10.4 Å². The molecule has 0 spiro atoms. The van der Waals surface area contributed by atoms with E-state index in [9.17, 15) is 4.79 Å². The van der Waals surface area contributed by atoms with Gasteiger partial charge in [0.25, 0.3) is 0 Å². The molecule has 9 heteroatoms. The number of piperazine rings is 1. The Bertz CT molecular complexity index is 1110. The molecule has 0 radical (unpaired) electrons. The maximum Gasteiger partial charge on any atom is 0.233 e. The minimum absolute atomic E-state index is 0.113.